The number of carbonyl (C=O) groups excluding carboxylic acids is 1. The van der Waals surface area contributed by atoms with Gasteiger partial charge < -0.3 is 11.1 Å². The maximum absolute atomic E-state index is 13.6. The molecule has 3 aliphatic carbocycles. The van der Waals surface area contributed by atoms with Gasteiger partial charge in [0.2, 0.25) is 5.91 Å². The maximum Gasteiger partial charge on any atom is 0.226 e. The number of fused-ring (bicyclic) bond motifs is 2. The summed E-state index contributed by atoms with van der Waals surface area (Å²) < 4.78 is 0. The zero-order chi connectivity index (χ0) is 20.5. The highest BCUT2D eigenvalue weighted by atomic mass is 16.2. The number of hydrogen-bond donors (Lipinski definition) is 2. The van der Waals surface area contributed by atoms with E-state index < -0.39 is 0 Å². The van der Waals surface area contributed by atoms with Crippen LogP contribution < -0.4 is 11.1 Å². The van der Waals surface area contributed by atoms with Gasteiger partial charge in [0.25, 0.3) is 0 Å². The molecule has 0 aromatic heterocycles. The van der Waals surface area contributed by atoms with Crippen LogP contribution in [0.25, 0.3) is 0 Å². The fourth-order valence-electron chi connectivity index (χ4n) is 6.50. The predicted octanol–water partition coefficient (Wildman–Crippen LogP) is 5.25. The highest BCUT2D eigenvalue weighted by Gasteiger charge is 2.53. The molecule has 3 heteroatoms. The number of nitrogens with two attached hydrogens (primary N) is 1. The summed E-state index contributed by atoms with van der Waals surface area (Å²) in [5.74, 6) is 0.814. The zero-order valence-corrected chi connectivity index (χ0v) is 18.3. The molecule has 2 bridgehead atoms. The van der Waals surface area contributed by atoms with Gasteiger partial charge in [0.05, 0.1) is 0 Å². The second-order valence-electron chi connectivity index (χ2n) is 10.3. The van der Waals surface area contributed by atoms with Crippen molar-refractivity contribution in [3.05, 3.63) is 47.5 Å². The van der Waals surface area contributed by atoms with E-state index in [2.05, 4.69) is 55.6 Å². The van der Waals surface area contributed by atoms with Crippen LogP contribution in [0.4, 0.5) is 0 Å². The van der Waals surface area contributed by atoms with E-state index in [1.807, 2.05) is 0 Å². The molecule has 1 amide bonds. The van der Waals surface area contributed by atoms with Gasteiger partial charge in [-0.05, 0) is 81.1 Å². The Hall–Kier alpha value is -1.61. The molecular weight excluding hydrogens is 356 g/mol. The molecule has 158 valence electrons. The van der Waals surface area contributed by atoms with Crippen LogP contribution in [0.15, 0.2) is 42.0 Å². The average Bonchev–Trinajstić information content (AvgIpc) is 2.72. The van der Waals surface area contributed by atoms with Crippen LogP contribution >= 0.6 is 0 Å². The second kappa shape index (κ2) is 8.26. The lowest BCUT2D eigenvalue weighted by atomic mass is 9.51. The van der Waals surface area contributed by atoms with Crippen LogP contribution in [0.2, 0.25) is 0 Å². The number of nitrogens with one attached hydrogen (secondary N) is 1. The number of amides is 1. The van der Waals surface area contributed by atoms with E-state index in [0.29, 0.717) is 18.0 Å². The second-order valence-corrected chi connectivity index (χ2v) is 10.3. The van der Waals surface area contributed by atoms with Crippen molar-refractivity contribution in [2.45, 2.75) is 95.6 Å². The van der Waals surface area contributed by atoms with E-state index in [9.17, 15) is 4.79 Å². The molecule has 3 nitrogen and oxygen atoms in total. The summed E-state index contributed by atoms with van der Waals surface area (Å²) in [7, 11) is 0. The minimum Gasteiger partial charge on any atom is -0.353 e. The lowest BCUT2D eigenvalue weighted by Gasteiger charge is -2.53. The SMILES string of the molecule is CC/C=C1\CCC2(c3ccccc3)CC1CC(C)(C(=O)NC1CCC(N)CC1)C2. The number of allylic oxidation sites excluding steroid dienone is 2. The molecule has 0 saturated heterocycles. The van der Waals surface area contributed by atoms with E-state index in [-0.39, 0.29) is 16.7 Å². The van der Waals surface area contributed by atoms with Crippen LogP contribution in [-0.2, 0) is 10.2 Å². The third-order valence-electron chi connectivity index (χ3n) is 7.99. The van der Waals surface area contributed by atoms with Gasteiger partial charge in [-0.25, -0.2) is 0 Å². The summed E-state index contributed by atoms with van der Waals surface area (Å²) in [4.78, 5) is 13.6. The molecule has 3 unspecified atom stereocenters. The summed E-state index contributed by atoms with van der Waals surface area (Å²) in [5, 5.41) is 3.44. The van der Waals surface area contributed by atoms with Crippen molar-refractivity contribution in [2.24, 2.45) is 17.1 Å². The third kappa shape index (κ3) is 4.17. The van der Waals surface area contributed by atoms with Crippen molar-refractivity contribution in [1.29, 1.82) is 0 Å². The molecular formula is C26H38N2O. The number of benzene rings is 1. The van der Waals surface area contributed by atoms with Gasteiger partial charge >= 0.3 is 0 Å². The van der Waals surface area contributed by atoms with Crippen molar-refractivity contribution in [1.82, 2.24) is 5.32 Å². The van der Waals surface area contributed by atoms with Gasteiger partial charge in [-0.15, -0.1) is 0 Å². The molecule has 4 rings (SSSR count). The number of carbonyl (C=O) groups is 1. The largest absolute Gasteiger partial charge is 0.353 e. The van der Waals surface area contributed by atoms with Crippen LogP contribution in [0, 0.1) is 11.3 Å². The first-order chi connectivity index (χ1) is 13.9. The summed E-state index contributed by atoms with van der Waals surface area (Å²) in [6.45, 7) is 4.46. The first-order valence-corrected chi connectivity index (χ1v) is 11.8. The third-order valence-corrected chi connectivity index (χ3v) is 7.99. The molecule has 1 aromatic carbocycles. The van der Waals surface area contributed by atoms with Gasteiger partial charge in [-0.2, -0.15) is 0 Å². The van der Waals surface area contributed by atoms with Crippen molar-refractivity contribution in [3.8, 4) is 0 Å². The summed E-state index contributed by atoms with van der Waals surface area (Å²) in [5.41, 5.74) is 8.93. The Morgan fingerprint density at radius 3 is 2.59 bits per heavy atom. The molecule has 0 heterocycles. The van der Waals surface area contributed by atoms with Crippen molar-refractivity contribution in [3.63, 3.8) is 0 Å². The Bertz CT molecular complexity index is 749. The van der Waals surface area contributed by atoms with Crippen molar-refractivity contribution in [2.75, 3.05) is 0 Å². The minimum atomic E-state index is -0.300. The van der Waals surface area contributed by atoms with Gasteiger partial charge in [0.15, 0.2) is 0 Å². The van der Waals surface area contributed by atoms with Crippen LogP contribution in [-0.4, -0.2) is 18.0 Å². The van der Waals surface area contributed by atoms with Gasteiger partial charge in [0.1, 0.15) is 0 Å². The first-order valence-electron chi connectivity index (χ1n) is 11.8. The topological polar surface area (TPSA) is 55.1 Å². The van der Waals surface area contributed by atoms with E-state index in [1.165, 1.54) is 24.8 Å². The molecule has 29 heavy (non-hydrogen) atoms. The molecule has 1 aromatic rings. The van der Waals surface area contributed by atoms with Crippen LogP contribution in [0.1, 0.15) is 83.6 Å². The van der Waals surface area contributed by atoms with Crippen molar-refractivity contribution < 1.29 is 4.79 Å². The summed E-state index contributed by atoms with van der Waals surface area (Å²) in [6, 6.07) is 11.6. The highest BCUT2D eigenvalue weighted by molar-refractivity contribution is 5.83. The molecule has 3 atom stereocenters. The Balaban J connectivity index is 1.59. The quantitative estimate of drug-likeness (QED) is 0.686. The molecule has 3 saturated carbocycles. The molecule has 3 N–H and O–H groups in total. The van der Waals surface area contributed by atoms with E-state index in [4.69, 9.17) is 5.73 Å². The Kier molecular flexibility index (Phi) is 5.88. The van der Waals surface area contributed by atoms with E-state index >= 15 is 0 Å². The lowest BCUT2D eigenvalue weighted by molar-refractivity contribution is -0.136. The molecule has 3 aliphatic rings. The predicted molar refractivity (Wildman–Crippen MR) is 120 cm³/mol. The molecule has 0 aliphatic heterocycles. The summed E-state index contributed by atoms with van der Waals surface area (Å²) >= 11 is 0. The van der Waals surface area contributed by atoms with Gasteiger partial charge in [-0.3, -0.25) is 4.79 Å². The van der Waals surface area contributed by atoms with Crippen LogP contribution in [0.3, 0.4) is 0 Å². The van der Waals surface area contributed by atoms with E-state index in [0.717, 1.165) is 44.9 Å². The molecule has 0 spiro atoms. The fourth-order valence-corrected chi connectivity index (χ4v) is 6.50. The van der Waals surface area contributed by atoms with Gasteiger partial charge in [0, 0.05) is 17.5 Å². The summed E-state index contributed by atoms with van der Waals surface area (Å²) in [6.07, 6.45) is 13.2. The highest BCUT2D eigenvalue weighted by Crippen LogP contribution is 2.58. The number of rotatable bonds is 4. The standard InChI is InChI=1S/C26H38N2O/c1-3-7-19-14-15-26(21-8-5-4-6-9-21)17-20(19)16-25(2,18-26)24(29)28-23-12-10-22(27)11-13-23/h4-9,20,22-23H,3,10-18,27H2,1-2H3,(H,28,29)/b19-7+. The zero-order valence-electron chi connectivity index (χ0n) is 18.3. The lowest BCUT2D eigenvalue weighted by Crippen LogP contribution is -2.53. The maximum atomic E-state index is 13.6. The Morgan fingerprint density at radius 1 is 1.17 bits per heavy atom. The normalized spacial score (nSPS) is 38.6. The molecule has 0 radical (unpaired) electrons. The molecule has 3 fully saturated rings. The van der Waals surface area contributed by atoms with Crippen LogP contribution in [0.5, 0.6) is 0 Å². The Labute approximate surface area is 176 Å². The van der Waals surface area contributed by atoms with Crippen molar-refractivity contribution >= 4 is 5.91 Å². The smallest absolute Gasteiger partial charge is 0.226 e. The monoisotopic (exact) mass is 394 g/mol. The first kappa shape index (κ1) is 20.7. The van der Waals surface area contributed by atoms with Gasteiger partial charge in [-0.1, -0.05) is 55.8 Å². The van der Waals surface area contributed by atoms with E-state index in [1.54, 1.807) is 5.57 Å². The Morgan fingerprint density at radius 2 is 1.90 bits per heavy atom. The number of hydrogen-bond acceptors (Lipinski definition) is 2. The minimum absolute atomic E-state index is 0.135. The average molecular weight is 395 g/mol. The fraction of sp³-hybridized carbons (Fsp3) is 0.654.